The molecular formula is C18H26ClFN2O2. The SMILES string of the molecule is CNCC1CCN(C(=O)C2(c3ccc(F)cc3)CCOCC2)C1.Cl. The van der Waals surface area contributed by atoms with Crippen molar-refractivity contribution in [3.63, 3.8) is 0 Å². The lowest BCUT2D eigenvalue weighted by Crippen LogP contribution is -2.49. The number of benzene rings is 1. The summed E-state index contributed by atoms with van der Waals surface area (Å²) in [6, 6.07) is 6.43. The van der Waals surface area contributed by atoms with E-state index in [-0.39, 0.29) is 24.1 Å². The summed E-state index contributed by atoms with van der Waals surface area (Å²) in [5.74, 6) is 0.443. The number of likely N-dealkylation sites (tertiary alicyclic amines) is 1. The van der Waals surface area contributed by atoms with Crippen LogP contribution in [-0.4, -0.2) is 50.7 Å². The van der Waals surface area contributed by atoms with E-state index in [2.05, 4.69) is 5.32 Å². The molecule has 1 atom stereocenters. The first-order valence-electron chi connectivity index (χ1n) is 8.43. The first kappa shape index (κ1) is 19.2. The summed E-state index contributed by atoms with van der Waals surface area (Å²) in [6.45, 7) is 3.72. The fraction of sp³-hybridized carbons (Fsp3) is 0.611. The normalized spacial score (nSPS) is 22.9. The molecule has 2 saturated heterocycles. The molecule has 3 rings (SSSR count). The van der Waals surface area contributed by atoms with E-state index in [1.54, 1.807) is 12.1 Å². The van der Waals surface area contributed by atoms with Crippen LogP contribution in [0.1, 0.15) is 24.8 Å². The maximum atomic E-state index is 13.3. The molecule has 134 valence electrons. The van der Waals surface area contributed by atoms with Gasteiger partial charge in [-0.05, 0) is 56.5 Å². The molecule has 1 N–H and O–H groups in total. The van der Waals surface area contributed by atoms with Crippen molar-refractivity contribution in [2.45, 2.75) is 24.7 Å². The molecule has 4 nitrogen and oxygen atoms in total. The Morgan fingerprint density at radius 1 is 1.33 bits per heavy atom. The van der Waals surface area contributed by atoms with Crippen molar-refractivity contribution in [1.29, 1.82) is 0 Å². The summed E-state index contributed by atoms with van der Waals surface area (Å²) in [7, 11) is 1.95. The van der Waals surface area contributed by atoms with Crippen molar-refractivity contribution < 1.29 is 13.9 Å². The molecule has 1 aromatic rings. The van der Waals surface area contributed by atoms with Gasteiger partial charge in [-0.15, -0.1) is 12.4 Å². The Labute approximate surface area is 149 Å². The highest BCUT2D eigenvalue weighted by atomic mass is 35.5. The monoisotopic (exact) mass is 356 g/mol. The molecule has 1 amide bonds. The van der Waals surface area contributed by atoms with E-state index in [1.807, 2.05) is 11.9 Å². The summed E-state index contributed by atoms with van der Waals surface area (Å²) >= 11 is 0. The highest BCUT2D eigenvalue weighted by Gasteiger charge is 2.45. The number of amides is 1. The second-order valence-corrected chi connectivity index (χ2v) is 6.66. The Bertz CT molecular complexity index is 546. The zero-order chi connectivity index (χ0) is 16.3. The first-order chi connectivity index (χ1) is 11.2. The fourth-order valence-electron chi connectivity index (χ4n) is 3.89. The molecule has 1 aromatic carbocycles. The zero-order valence-corrected chi connectivity index (χ0v) is 14.9. The highest BCUT2D eigenvalue weighted by Crippen LogP contribution is 2.38. The van der Waals surface area contributed by atoms with Gasteiger partial charge in [0.25, 0.3) is 0 Å². The fourth-order valence-corrected chi connectivity index (χ4v) is 3.89. The largest absolute Gasteiger partial charge is 0.381 e. The number of nitrogens with zero attached hydrogens (tertiary/aromatic N) is 1. The minimum atomic E-state index is -0.555. The van der Waals surface area contributed by atoms with E-state index in [4.69, 9.17) is 4.74 Å². The number of carbonyl (C=O) groups is 1. The van der Waals surface area contributed by atoms with E-state index in [1.165, 1.54) is 12.1 Å². The third-order valence-electron chi connectivity index (χ3n) is 5.22. The van der Waals surface area contributed by atoms with Crippen LogP contribution in [0.3, 0.4) is 0 Å². The number of hydrogen-bond donors (Lipinski definition) is 1. The third-order valence-corrected chi connectivity index (χ3v) is 5.22. The number of rotatable bonds is 4. The molecule has 0 spiro atoms. The van der Waals surface area contributed by atoms with E-state index in [0.717, 1.165) is 31.6 Å². The smallest absolute Gasteiger partial charge is 0.233 e. The van der Waals surface area contributed by atoms with E-state index < -0.39 is 5.41 Å². The van der Waals surface area contributed by atoms with Crippen molar-refractivity contribution in [3.8, 4) is 0 Å². The van der Waals surface area contributed by atoms with Crippen molar-refractivity contribution in [2.75, 3.05) is 39.9 Å². The van der Waals surface area contributed by atoms with E-state index in [0.29, 0.717) is 32.0 Å². The summed E-state index contributed by atoms with van der Waals surface area (Å²) < 4.78 is 18.8. The molecule has 24 heavy (non-hydrogen) atoms. The average molecular weight is 357 g/mol. The molecule has 0 aliphatic carbocycles. The van der Waals surface area contributed by atoms with Gasteiger partial charge in [-0.1, -0.05) is 12.1 Å². The van der Waals surface area contributed by atoms with Crippen LogP contribution in [0.25, 0.3) is 0 Å². The number of carbonyl (C=O) groups excluding carboxylic acids is 1. The summed E-state index contributed by atoms with van der Waals surface area (Å²) in [5, 5.41) is 3.20. The van der Waals surface area contributed by atoms with E-state index >= 15 is 0 Å². The van der Waals surface area contributed by atoms with Gasteiger partial charge in [0.05, 0.1) is 5.41 Å². The molecule has 1 unspecified atom stereocenters. The predicted octanol–water partition coefficient (Wildman–Crippen LogP) is 2.36. The molecule has 0 saturated carbocycles. The van der Waals surface area contributed by atoms with Gasteiger partial charge in [0.1, 0.15) is 5.82 Å². The van der Waals surface area contributed by atoms with Gasteiger partial charge >= 0.3 is 0 Å². The Balaban J connectivity index is 0.00000208. The molecule has 0 radical (unpaired) electrons. The van der Waals surface area contributed by atoms with Crippen molar-refractivity contribution >= 4 is 18.3 Å². The Morgan fingerprint density at radius 3 is 2.62 bits per heavy atom. The van der Waals surface area contributed by atoms with Gasteiger partial charge in [-0.25, -0.2) is 4.39 Å². The van der Waals surface area contributed by atoms with Crippen molar-refractivity contribution in [1.82, 2.24) is 10.2 Å². The lowest BCUT2D eigenvalue weighted by molar-refractivity contribution is -0.140. The van der Waals surface area contributed by atoms with Crippen LogP contribution in [0.4, 0.5) is 4.39 Å². The van der Waals surface area contributed by atoms with Gasteiger partial charge in [-0.3, -0.25) is 4.79 Å². The molecule has 2 aliphatic heterocycles. The Hall–Kier alpha value is -1.17. The maximum absolute atomic E-state index is 13.3. The second-order valence-electron chi connectivity index (χ2n) is 6.66. The van der Waals surface area contributed by atoms with Gasteiger partial charge in [-0.2, -0.15) is 0 Å². The first-order valence-corrected chi connectivity index (χ1v) is 8.43. The molecular weight excluding hydrogens is 331 g/mol. The van der Waals surface area contributed by atoms with Crippen LogP contribution in [0.5, 0.6) is 0 Å². The topological polar surface area (TPSA) is 41.6 Å². The lowest BCUT2D eigenvalue weighted by Gasteiger charge is -2.39. The summed E-state index contributed by atoms with van der Waals surface area (Å²) in [4.78, 5) is 15.3. The minimum absolute atomic E-state index is 0. The number of ether oxygens (including phenoxy) is 1. The van der Waals surface area contributed by atoms with Gasteiger partial charge in [0, 0.05) is 26.3 Å². The van der Waals surface area contributed by atoms with Gasteiger partial charge < -0.3 is 15.0 Å². The van der Waals surface area contributed by atoms with E-state index in [9.17, 15) is 9.18 Å². The van der Waals surface area contributed by atoms with Crippen LogP contribution in [-0.2, 0) is 14.9 Å². The average Bonchev–Trinajstić information content (AvgIpc) is 3.04. The van der Waals surface area contributed by atoms with Crippen LogP contribution in [0.2, 0.25) is 0 Å². The number of nitrogens with one attached hydrogen (secondary N) is 1. The molecule has 0 aromatic heterocycles. The van der Waals surface area contributed by atoms with Crippen LogP contribution >= 0.6 is 12.4 Å². The minimum Gasteiger partial charge on any atom is -0.381 e. The van der Waals surface area contributed by atoms with Crippen LogP contribution in [0, 0.1) is 11.7 Å². The van der Waals surface area contributed by atoms with Gasteiger partial charge in [0.15, 0.2) is 0 Å². The maximum Gasteiger partial charge on any atom is 0.233 e. The van der Waals surface area contributed by atoms with Crippen LogP contribution in [0.15, 0.2) is 24.3 Å². The summed E-state index contributed by atoms with van der Waals surface area (Å²) in [5.41, 5.74) is 0.366. The molecule has 2 heterocycles. The lowest BCUT2D eigenvalue weighted by atomic mass is 9.73. The van der Waals surface area contributed by atoms with Gasteiger partial charge in [0.2, 0.25) is 5.91 Å². The summed E-state index contributed by atoms with van der Waals surface area (Å²) in [6.07, 6.45) is 2.39. The standard InChI is InChI=1S/C18H25FN2O2.ClH/c1-20-12-14-6-9-21(13-14)17(22)18(7-10-23-11-8-18)15-2-4-16(19)5-3-15;/h2-5,14,20H,6-13H2,1H3;1H. The molecule has 2 aliphatic rings. The number of hydrogen-bond acceptors (Lipinski definition) is 3. The Kier molecular flexibility index (Phi) is 6.61. The van der Waals surface area contributed by atoms with Crippen LogP contribution < -0.4 is 5.32 Å². The molecule has 0 bridgehead atoms. The Morgan fingerprint density at radius 2 is 2.00 bits per heavy atom. The number of halogens is 2. The highest BCUT2D eigenvalue weighted by molar-refractivity contribution is 5.88. The second kappa shape index (κ2) is 8.28. The van der Waals surface area contributed by atoms with Crippen molar-refractivity contribution in [2.24, 2.45) is 5.92 Å². The predicted molar refractivity (Wildman–Crippen MR) is 94.0 cm³/mol. The third kappa shape index (κ3) is 3.73. The molecule has 6 heteroatoms. The quantitative estimate of drug-likeness (QED) is 0.900. The molecule has 2 fully saturated rings. The zero-order valence-electron chi connectivity index (χ0n) is 14.1. The van der Waals surface area contributed by atoms with Crippen molar-refractivity contribution in [3.05, 3.63) is 35.6 Å².